The van der Waals surface area contributed by atoms with Crippen LogP contribution in [-0.4, -0.2) is 23.3 Å². The van der Waals surface area contributed by atoms with Crippen LogP contribution in [0.2, 0.25) is 0 Å². The fraction of sp³-hybridized carbons (Fsp3) is 0.235. The molecule has 24 heavy (non-hydrogen) atoms. The van der Waals surface area contributed by atoms with E-state index >= 15 is 0 Å². The normalized spacial score (nSPS) is 11.2. The Labute approximate surface area is 138 Å². The van der Waals surface area contributed by atoms with Crippen LogP contribution in [0.15, 0.2) is 44.6 Å². The number of ether oxygens (including phenoxy) is 1. The number of rotatable bonds is 5. The highest BCUT2D eigenvalue weighted by atomic mass is 16.5. The van der Waals surface area contributed by atoms with Crippen molar-refractivity contribution in [2.24, 2.45) is 5.10 Å². The van der Waals surface area contributed by atoms with E-state index in [0.29, 0.717) is 17.9 Å². The van der Waals surface area contributed by atoms with Gasteiger partial charge in [0.25, 0.3) is 5.91 Å². The van der Waals surface area contributed by atoms with E-state index in [-0.39, 0.29) is 22.8 Å². The van der Waals surface area contributed by atoms with E-state index in [0.717, 1.165) is 0 Å². The number of carbonyl (C=O) groups is 1. The van der Waals surface area contributed by atoms with Crippen LogP contribution in [0.4, 0.5) is 0 Å². The smallest absolute Gasteiger partial charge is 0.348 e. The molecule has 2 rings (SSSR count). The molecule has 0 saturated heterocycles. The van der Waals surface area contributed by atoms with Gasteiger partial charge in [-0.1, -0.05) is 0 Å². The van der Waals surface area contributed by atoms with Gasteiger partial charge in [0.2, 0.25) is 0 Å². The Kier molecular flexibility index (Phi) is 5.36. The molecule has 2 aromatic rings. The Morgan fingerprint density at radius 1 is 1.33 bits per heavy atom. The maximum Gasteiger partial charge on any atom is 0.348 e. The van der Waals surface area contributed by atoms with Gasteiger partial charge in [0.15, 0.2) is 0 Å². The average molecular weight is 330 g/mol. The quantitative estimate of drug-likeness (QED) is 0.646. The number of aryl methyl sites for hydroxylation is 1. The number of benzene rings is 1. The van der Waals surface area contributed by atoms with Crippen LogP contribution in [0.1, 0.15) is 35.5 Å². The third kappa shape index (κ3) is 4.01. The summed E-state index contributed by atoms with van der Waals surface area (Å²) in [7, 11) is 0. The molecule has 0 spiro atoms. The predicted octanol–water partition coefficient (Wildman–Crippen LogP) is 2.21. The summed E-state index contributed by atoms with van der Waals surface area (Å²) in [5.41, 5.74) is 2.05. The minimum absolute atomic E-state index is 0.0902. The summed E-state index contributed by atoms with van der Waals surface area (Å²) in [6.45, 7) is 5.44. The third-order valence-corrected chi connectivity index (χ3v) is 3.17. The lowest BCUT2D eigenvalue weighted by molar-refractivity contribution is 0.0954. The Hall–Kier alpha value is -3.09. The first-order valence-electron chi connectivity index (χ1n) is 7.34. The number of hydrogen-bond acceptors (Lipinski definition) is 6. The molecule has 0 atom stereocenters. The number of amides is 1. The first-order valence-corrected chi connectivity index (χ1v) is 7.34. The SMILES string of the molecule is CCOc1ccc(C(=O)N/N=C(\C)c2c(O)cc(C)oc2=O)cc1. The molecule has 0 aliphatic rings. The zero-order valence-corrected chi connectivity index (χ0v) is 13.6. The molecule has 7 heteroatoms. The molecule has 1 aromatic carbocycles. The highest BCUT2D eigenvalue weighted by Crippen LogP contribution is 2.15. The van der Waals surface area contributed by atoms with Crippen LogP contribution < -0.4 is 15.8 Å². The largest absolute Gasteiger partial charge is 0.507 e. The fourth-order valence-electron chi connectivity index (χ4n) is 2.05. The first kappa shape index (κ1) is 17.3. The van der Waals surface area contributed by atoms with Gasteiger partial charge in [-0.2, -0.15) is 5.10 Å². The van der Waals surface area contributed by atoms with Gasteiger partial charge in [-0.3, -0.25) is 4.79 Å². The Bertz CT molecular complexity index is 822. The van der Waals surface area contributed by atoms with Gasteiger partial charge in [0, 0.05) is 11.6 Å². The molecule has 0 saturated carbocycles. The monoisotopic (exact) mass is 330 g/mol. The van der Waals surface area contributed by atoms with Crippen molar-refractivity contribution < 1.29 is 19.1 Å². The second-order valence-electron chi connectivity index (χ2n) is 5.00. The van der Waals surface area contributed by atoms with Crippen molar-refractivity contribution in [2.45, 2.75) is 20.8 Å². The number of carbonyl (C=O) groups excluding carboxylic acids is 1. The average Bonchev–Trinajstić information content (AvgIpc) is 2.52. The van der Waals surface area contributed by atoms with E-state index in [2.05, 4.69) is 10.5 Å². The van der Waals surface area contributed by atoms with Gasteiger partial charge >= 0.3 is 5.63 Å². The standard InChI is InChI=1S/C17H18N2O5/c1-4-23-13-7-5-12(6-8-13)16(21)19-18-11(3)15-14(20)9-10(2)24-17(15)22/h5-9,20H,4H2,1-3H3,(H,19,21)/b18-11+. The van der Waals surface area contributed by atoms with Crippen LogP contribution in [-0.2, 0) is 0 Å². The van der Waals surface area contributed by atoms with Crippen molar-refractivity contribution in [1.82, 2.24) is 5.43 Å². The summed E-state index contributed by atoms with van der Waals surface area (Å²) in [5.74, 6) is 0.247. The second-order valence-corrected chi connectivity index (χ2v) is 5.00. The highest BCUT2D eigenvalue weighted by molar-refractivity contribution is 6.02. The van der Waals surface area contributed by atoms with E-state index in [4.69, 9.17) is 9.15 Å². The zero-order valence-electron chi connectivity index (χ0n) is 13.6. The van der Waals surface area contributed by atoms with Crippen molar-refractivity contribution in [3.05, 3.63) is 57.6 Å². The van der Waals surface area contributed by atoms with Gasteiger partial charge in [0.1, 0.15) is 22.8 Å². The lowest BCUT2D eigenvalue weighted by Crippen LogP contribution is -2.21. The van der Waals surface area contributed by atoms with E-state index in [1.54, 1.807) is 31.2 Å². The summed E-state index contributed by atoms with van der Waals surface area (Å²) in [5, 5.41) is 13.7. The lowest BCUT2D eigenvalue weighted by Gasteiger charge is -2.06. The summed E-state index contributed by atoms with van der Waals surface area (Å²) >= 11 is 0. The third-order valence-electron chi connectivity index (χ3n) is 3.17. The highest BCUT2D eigenvalue weighted by Gasteiger charge is 2.13. The Morgan fingerprint density at radius 3 is 2.58 bits per heavy atom. The van der Waals surface area contributed by atoms with Crippen molar-refractivity contribution in [3.63, 3.8) is 0 Å². The zero-order chi connectivity index (χ0) is 17.7. The van der Waals surface area contributed by atoms with E-state index in [9.17, 15) is 14.7 Å². The maximum atomic E-state index is 12.1. The summed E-state index contributed by atoms with van der Waals surface area (Å²) in [6.07, 6.45) is 0. The second kappa shape index (κ2) is 7.45. The fourth-order valence-corrected chi connectivity index (χ4v) is 2.05. The molecule has 2 N–H and O–H groups in total. The molecular formula is C17H18N2O5. The molecular weight excluding hydrogens is 312 g/mol. The molecule has 7 nitrogen and oxygen atoms in total. The number of hydrogen-bond donors (Lipinski definition) is 2. The van der Waals surface area contributed by atoms with Crippen LogP contribution in [0.5, 0.6) is 11.5 Å². The molecule has 1 amide bonds. The lowest BCUT2D eigenvalue weighted by atomic mass is 10.2. The predicted molar refractivity (Wildman–Crippen MR) is 88.7 cm³/mol. The summed E-state index contributed by atoms with van der Waals surface area (Å²) in [6, 6.07) is 7.86. The van der Waals surface area contributed by atoms with Crippen LogP contribution in [0.25, 0.3) is 0 Å². The van der Waals surface area contributed by atoms with E-state index in [1.807, 2.05) is 6.92 Å². The topological polar surface area (TPSA) is 101 Å². The van der Waals surface area contributed by atoms with Crippen molar-refractivity contribution in [3.8, 4) is 11.5 Å². The number of hydrazone groups is 1. The first-order chi connectivity index (χ1) is 11.4. The van der Waals surface area contributed by atoms with Crippen molar-refractivity contribution in [2.75, 3.05) is 6.61 Å². The van der Waals surface area contributed by atoms with Crippen molar-refractivity contribution in [1.29, 1.82) is 0 Å². The molecule has 1 aromatic heterocycles. The van der Waals surface area contributed by atoms with Crippen LogP contribution in [0.3, 0.4) is 0 Å². The molecule has 0 fully saturated rings. The van der Waals surface area contributed by atoms with Crippen LogP contribution in [0, 0.1) is 6.92 Å². The van der Waals surface area contributed by atoms with Gasteiger partial charge in [-0.15, -0.1) is 0 Å². The number of aromatic hydroxyl groups is 1. The molecule has 0 bridgehead atoms. The van der Waals surface area contributed by atoms with Gasteiger partial charge < -0.3 is 14.3 Å². The molecule has 0 radical (unpaired) electrons. The number of nitrogens with one attached hydrogen (secondary N) is 1. The Balaban J connectivity index is 2.15. The minimum Gasteiger partial charge on any atom is -0.507 e. The van der Waals surface area contributed by atoms with Crippen LogP contribution >= 0.6 is 0 Å². The molecule has 1 heterocycles. The summed E-state index contributed by atoms with van der Waals surface area (Å²) in [4.78, 5) is 23.8. The van der Waals surface area contributed by atoms with Gasteiger partial charge in [-0.25, -0.2) is 10.2 Å². The Morgan fingerprint density at radius 2 is 2.00 bits per heavy atom. The molecule has 0 unspecified atom stereocenters. The van der Waals surface area contributed by atoms with Crippen molar-refractivity contribution >= 4 is 11.6 Å². The summed E-state index contributed by atoms with van der Waals surface area (Å²) < 4.78 is 10.2. The number of nitrogens with zero attached hydrogens (tertiary/aromatic N) is 1. The van der Waals surface area contributed by atoms with Gasteiger partial charge in [0.05, 0.1) is 12.3 Å². The van der Waals surface area contributed by atoms with E-state index < -0.39 is 11.5 Å². The van der Waals surface area contributed by atoms with E-state index in [1.165, 1.54) is 13.0 Å². The molecule has 0 aliphatic heterocycles. The minimum atomic E-state index is -0.718. The maximum absolute atomic E-state index is 12.1. The molecule has 0 aliphatic carbocycles. The molecule has 126 valence electrons. The van der Waals surface area contributed by atoms with Gasteiger partial charge in [-0.05, 0) is 45.0 Å².